The Labute approximate surface area is 214 Å². The third-order valence-corrected chi connectivity index (χ3v) is 7.49. The maximum atomic E-state index is 13.7. The maximum Gasteiger partial charge on any atom is 0.274 e. The lowest BCUT2D eigenvalue weighted by molar-refractivity contribution is -0.181. The van der Waals surface area contributed by atoms with E-state index in [2.05, 4.69) is 10.3 Å². The smallest absolute Gasteiger partial charge is 0.274 e. The van der Waals surface area contributed by atoms with Crippen molar-refractivity contribution in [3.05, 3.63) is 53.4 Å². The number of ether oxygens (including phenoxy) is 2. The van der Waals surface area contributed by atoms with Crippen LogP contribution in [0.5, 0.6) is 0 Å². The van der Waals surface area contributed by atoms with Crippen molar-refractivity contribution in [2.24, 2.45) is 0 Å². The van der Waals surface area contributed by atoms with Gasteiger partial charge in [0.2, 0.25) is 5.91 Å². The van der Waals surface area contributed by atoms with E-state index in [0.717, 1.165) is 5.56 Å². The third-order valence-electron chi connectivity index (χ3n) is 7.49. The van der Waals surface area contributed by atoms with Crippen LogP contribution in [0.15, 0.2) is 30.6 Å². The minimum Gasteiger partial charge on any atom is -0.350 e. The number of fused-ring (bicyclic) bond motifs is 1. The molecule has 0 saturated carbocycles. The SMILES string of the molecule is CCCN1C(=O)c2c(C(=O)N3CCC4(CC3)OCCO4)ncn2C[C@]1(C)C(=O)NCc1ccc(F)cc1. The minimum absolute atomic E-state index is 0.101. The van der Waals surface area contributed by atoms with Crippen molar-refractivity contribution in [2.75, 3.05) is 32.8 Å². The summed E-state index contributed by atoms with van der Waals surface area (Å²) in [6, 6.07) is 5.88. The van der Waals surface area contributed by atoms with Crippen molar-refractivity contribution >= 4 is 17.7 Å². The summed E-state index contributed by atoms with van der Waals surface area (Å²) in [5, 5.41) is 2.89. The number of likely N-dealkylation sites (tertiary alicyclic amines) is 1. The van der Waals surface area contributed by atoms with Crippen LogP contribution >= 0.6 is 0 Å². The number of piperidine rings is 1. The molecule has 37 heavy (non-hydrogen) atoms. The van der Waals surface area contributed by atoms with Gasteiger partial charge in [-0.05, 0) is 31.0 Å². The van der Waals surface area contributed by atoms with Crippen molar-refractivity contribution < 1.29 is 28.2 Å². The largest absolute Gasteiger partial charge is 0.350 e. The summed E-state index contributed by atoms with van der Waals surface area (Å²) in [6.45, 7) is 6.36. The van der Waals surface area contributed by atoms with Crippen LogP contribution in [0, 0.1) is 5.82 Å². The van der Waals surface area contributed by atoms with E-state index in [1.807, 2.05) is 6.92 Å². The molecule has 2 aromatic rings. The van der Waals surface area contributed by atoms with Gasteiger partial charge < -0.3 is 29.2 Å². The number of rotatable bonds is 6. The molecule has 11 heteroatoms. The second-order valence-electron chi connectivity index (χ2n) is 10.0. The second kappa shape index (κ2) is 9.86. The summed E-state index contributed by atoms with van der Waals surface area (Å²) in [4.78, 5) is 48.1. The van der Waals surface area contributed by atoms with E-state index in [1.165, 1.54) is 23.4 Å². The zero-order valence-corrected chi connectivity index (χ0v) is 21.2. The average Bonchev–Trinajstić information content (AvgIpc) is 3.53. The Morgan fingerprint density at radius 1 is 1.14 bits per heavy atom. The predicted molar refractivity (Wildman–Crippen MR) is 130 cm³/mol. The summed E-state index contributed by atoms with van der Waals surface area (Å²) in [5.74, 6) is -2.00. The van der Waals surface area contributed by atoms with Gasteiger partial charge in [0.15, 0.2) is 11.5 Å². The molecule has 1 aromatic heterocycles. The average molecular weight is 514 g/mol. The molecule has 0 bridgehead atoms. The lowest BCUT2D eigenvalue weighted by Crippen LogP contribution is -2.64. The van der Waals surface area contributed by atoms with Gasteiger partial charge in [-0.15, -0.1) is 0 Å². The number of imidazole rings is 1. The number of nitrogens with one attached hydrogen (secondary N) is 1. The monoisotopic (exact) mass is 513 g/mol. The minimum atomic E-state index is -1.18. The van der Waals surface area contributed by atoms with Gasteiger partial charge >= 0.3 is 0 Å². The zero-order chi connectivity index (χ0) is 26.2. The topological polar surface area (TPSA) is 106 Å². The Morgan fingerprint density at radius 2 is 1.81 bits per heavy atom. The number of aromatic nitrogens is 2. The van der Waals surface area contributed by atoms with Crippen molar-refractivity contribution in [2.45, 2.75) is 57.5 Å². The van der Waals surface area contributed by atoms with Crippen molar-refractivity contribution in [1.29, 1.82) is 0 Å². The molecule has 198 valence electrons. The summed E-state index contributed by atoms with van der Waals surface area (Å²) in [7, 11) is 0. The first kappa shape index (κ1) is 25.3. The maximum absolute atomic E-state index is 13.7. The van der Waals surface area contributed by atoms with Gasteiger partial charge in [-0.3, -0.25) is 14.4 Å². The van der Waals surface area contributed by atoms with Crippen LogP contribution in [0.2, 0.25) is 0 Å². The van der Waals surface area contributed by atoms with Crippen LogP contribution in [-0.2, 0) is 27.4 Å². The lowest BCUT2D eigenvalue weighted by atomic mass is 9.93. The Bertz CT molecular complexity index is 1180. The van der Waals surface area contributed by atoms with E-state index in [9.17, 15) is 18.8 Å². The first-order chi connectivity index (χ1) is 17.8. The molecule has 3 aliphatic heterocycles. The van der Waals surface area contributed by atoms with E-state index < -0.39 is 17.2 Å². The number of carbonyl (C=O) groups excluding carboxylic acids is 3. The predicted octanol–water partition coefficient (Wildman–Crippen LogP) is 1.94. The summed E-state index contributed by atoms with van der Waals surface area (Å²) >= 11 is 0. The number of nitrogens with zero attached hydrogens (tertiary/aromatic N) is 4. The van der Waals surface area contributed by atoms with Gasteiger partial charge in [-0.25, -0.2) is 9.37 Å². The first-order valence-corrected chi connectivity index (χ1v) is 12.7. The zero-order valence-electron chi connectivity index (χ0n) is 21.2. The van der Waals surface area contributed by atoms with Gasteiger partial charge in [0.05, 0.1) is 26.1 Å². The molecule has 4 heterocycles. The van der Waals surface area contributed by atoms with Gasteiger partial charge in [0, 0.05) is 39.0 Å². The number of carbonyl (C=O) groups is 3. The quantitative estimate of drug-likeness (QED) is 0.633. The molecule has 2 fully saturated rings. The molecule has 0 radical (unpaired) electrons. The third kappa shape index (κ3) is 4.61. The Balaban J connectivity index is 1.34. The molecule has 3 amide bonds. The molecule has 1 N–H and O–H groups in total. The van der Waals surface area contributed by atoms with E-state index in [0.29, 0.717) is 52.1 Å². The summed E-state index contributed by atoms with van der Waals surface area (Å²) < 4.78 is 26.3. The van der Waals surface area contributed by atoms with Crippen molar-refractivity contribution in [1.82, 2.24) is 24.7 Å². The number of hydrogen-bond donors (Lipinski definition) is 1. The highest BCUT2D eigenvalue weighted by Crippen LogP contribution is 2.33. The highest BCUT2D eigenvalue weighted by Gasteiger charge is 2.49. The van der Waals surface area contributed by atoms with Crippen molar-refractivity contribution in [3.63, 3.8) is 0 Å². The Kier molecular flexibility index (Phi) is 6.76. The van der Waals surface area contributed by atoms with E-state index in [-0.39, 0.29) is 42.1 Å². The fraction of sp³-hybridized carbons (Fsp3) is 0.538. The number of amides is 3. The normalized spacial score (nSPS) is 22.8. The highest BCUT2D eigenvalue weighted by molar-refractivity contribution is 6.07. The molecule has 1 atom stereocenters. The highest BCUT2D eigenvalue weighted by atomic mass is 19.1. The lowest BCUT2D eigenvalue weighted by Gasteiger charge is -2.44. The molecule has 0 aliphatic carbocycles. The van der Waals surface area contributed by atoms with Crippen LogP contribution in [0.3, 0.4) is 0 Å². The Morgan fingerprint density at radius 3 is 2.46 bits per heavy atom. The summed E-state index contributed by atoms with van der Waals surface area (Å²) in [5.41, 5.74) is -0.133. The molecule has 0 unspecified atom stereocenters. The summed E-state index contributed by atoms with van der Waals surface area (Å²) in [6.07, 6.45) is 3.23. The van der Waals surface area contributed by atoms with E-state index in [4.69, 9.17) is 9.47 Å². The molecule has 1 spiro atoms. The standard InChI is InChI=1S/C26H32FN5O5/c1-3-10-32-23(34)21-20(22(33)30-11-8-26(9-12-30)36-13-14-37-26)29-17-31(21)16-25(32,2)24(35)28-15-18-4-6-19(27)7-5-18/h4-7,17H,3,8-16H2,1-2H3,(H,28,35)/t25-/m1/s1. The first-order valence-electron chi connectivity index (χ1n) is 12.7. The van der Waals surface area contributed by atoms with Crippen molar-refractivity contribution in [3.8, 4) is 0 Å². The fourth-order valence-electron chi connectivity index (χ4n) is 5.38. The fourth-order valence-corrected chi connectivity index (χ4v) is 5.38. The van der Waals surface area contributed by atoms with Gasteiger partial charge in [0.25, 0.3) is 11.8 Å². The van der Waals surface area contributed by atoms with Crippen LogP contribution in [0.25, 0.3) is 0 Å². The molecule has 5 rings (SSSR count). The van der Waals surface area contributed by atoms with E-state index in [1.54, 1.807) is 28.5 Å². The molecule has 1 aromatic carbocycles. The number of benzene rings is 1. The second-order valence-corrected chi connectivity index (χ2v) is 10.0. The molecule has 2 saturated heterocycles. The van der Waals surface area contributed by atoms with Crippen LogP contribution in [0.1, 0.15) is 59.7 Å². The van der Waals surface area contributed by atoms with Gasteiger partial charge in [0.1, 0.15) is 17.1 Å². The molecule has 10 nitrogen and oxygen atoms in total. The number of hydrogen-bond acceptors (Lipinski definition) is 6. The van der Waals surface area contributed by atoms with Crippen LogP contribution < -0.4 is 5.32 Å². The molecular formula is C26H32FN5O5. The number of halogens is 1. The van der Waals surface area contributed by atoms with Crippen LogP contribution in [-0.4, -0.2) is 81.2 Å². The molecular weight excluding hydrogens is 481 g/mol. The van der Waals surface area contributed by atoms with E-state index >= 15 is 0 Å². The van der Waals surface area contributed by atoms with Gasteiger partial charge in [-0.2, -0.15) is 0 Å². The van der Waals surface area contributed by atoms with Gasteiger partial charge in [-0.1, -0.05) is 19.1 Å². The molecule has 3 aliphatic rings. The Hall–Kier alpha value is -3.31. The van der Waals surface area contributed by atoms with Crippen LogP contribution in [0.4, 0.5) is 4.39 Å².